The Morgan fingerprint density at radius 1 is 1.28 bits per heavy atom. The third kappa shape index (κ3) is 2.43. The predicted molar refractivity (Wildman–Crippen MR) is 73.3 cm³/mol. The molecular weight excluding hydrogens is 224 g/mol. The molecule has 96 valence electrons. The lowest BCUT2D eigenvalue weighted by Crippen LogP contribution is -2.11. The van der Waals surface area contributed by atoms with Gasteiger partial charge >= 0.3 is 0 Å². The number of hydrogen-bond acceptors (Lipinski definition) is 3. The van der Waals surface area contributed by atoms with E-state index in [0.717, 1.165) is 24.3 Å². The predicted octanol–water partition coefficient (Wildman–Crippen LogP) is 2.21. The first kappa shape index (κ1) is 12.8. The zero-order valence-electron chi connectivity index (χ0n) is 11.5. The van der Waals surface area contributed by atoms with E-state index in [0.29, 0.717) is 0 Å². The molecule has 0 saturated heterocycles. The van der Waals surface area contributed by atoms with Crippen molar-refractivity contribution in [3.05, 3.63) is 35.4 Å². The van der Waals surface area contributed by atoms with Gasteiger partial charge in [-0.05, 0) is 32.0 Å². The molecule has 2 rings (SSSR count). The Bertz CT molecular complexity index is 543. The average molecular weight is 244 g/mol. The first-order valence-electron chi connectivity index (χ1n) is 6.28. The van der Waals surface area contributed by atoms with Gasteiger partial charge in [0.25, 0.3) is 0 Å². The molecular formula is C14H20N4. The van der Waals surface area contributed by atoms with Gasteiger partial charge in [0, 0.05) is 42.8 Å². The zero-order chi connectivity index (χ0) is 13.1. The Kier molecular flexibility index (Phi) is 3.77. The van der Waals surface area contributed by atoms with Crippen LogP contribution in [0.5, 0.6) is 0 Å². The minimum atomic E-state index is 0.857. The van der Waals surface area contributed by atoms with Gasteiger partial charge in [0.15, 0.2) is 0 Å². The third-order valence-electron chi connectivity index (χ3n) is 3.17. The second-order valence-corrected chi connectivity index (χ2v) is 4.53. The molecule has 4 heteroatoms. The lowest BCUT2D eigenvalue weighted by atomic mass is 10.0. The van der Waals surface area contributed by atoms with Gasteiger partial charge < -0.3 is 5.32 Å². The van der Waals surface area contributed by atoms with Crippen molar-refractivity contribution in [2.45, 2.75) is 27.3 Å². The molecule has 0 bridgehead atoms. The highest BCUT2D eigenvalue weighted by molar-refractivity contribution is 5.68. The van der Waals surface area contributed by atoms with Crippen molar-refractivity contribution < 1.29 is 0 Å². The maximum absolute atomic E-state index is 4.45. The number of rotatable bonds is 4. The van der Waals surface area contributed by atoms with Crippen LogP contribution in [0.3, 0.4) is 0 Å². The summed E-state index contributed by atoms with van der Waals surface area (Å²) in [4.78, 5) is 4.33. The molecule has 0 aliphatic carbocycles. The summed E-state index contributed by atoms with van der Waals surface area (Å²) in [6, 6.07) is 2.19. The topological polar surface area (TPSA) is 42.7 Å². The summed E-state index contributed by atoms with van der Waals surface area (Å²) in [7, 11) is 1.97. The summed E-state index contributed by atoms with van der Waals surface area (Å²) in [5.41, 5.74) is 5.78. The van der Waals surface area contributed by atoms with Gasteiger partial charge in [-0.1, -0.05) is 6.92 Å². The minimum absolute atomic E-state index is 0.857. The molecule has 0 aliphatic rings. The van der Waals surface area contributed by atoms with E-state index < -0.39 is 0 Å². The van der Waals surface area contributed by atoms with Crippen LogP contribution in [-0.2, 0) is 13.6 Å². The molecule has 2 aromatic heterocycles. The van der Waals surface area contributed by atoms with E-state index >= 15 is 0 Å². The van der Waals surface area contributed by atoms with Crippen molar-refractivity contribution >= 4 is 0 Å². The molecule has 4 nitrogen and oxygen atoms in total. The standard InChI is InChI=1S/C14H20N4/c1-5-15-7-12-6-13(9-16-8-12)14-10(2)17-18(4)11(14)3/h6,8-9,15H,5,7H2,1-4H3. The fourth-order valence-corrected chi connectivity index (χ4v) is 2.18. The largest absolute Gasteiger partial charge is 0.313 e. The minimum Gasteiger partial charge on any atom is -0.313 e. The zero-order valence-corrected chi connectivity index (χ0v) is 11.5. The van der Waals surface area contributed by atoms with Gasteiger partial charge in [0.2, 0.25) is 0 Å². The molecule has 18 heavy (non-hydrogen) atoms. The Labute approximate surface area is 108 Å². The van der Waals surface area contributed by atoms with Crippen LogP contribution in [0.4, 0.5) is 0 Å². The lowest BCUT2D eigenvalue weighted by molar-refractivity contribution is 0.724. The molecule has 0 atom stereocenters. The van der Waals surface area contributed by atoms with Crippen LogP contribution in [-0.4, -0.2) is 21.3 Å². The van der Waals surface area contributed by atoms with E-state index in [1.54, 1.807) is 0 Å². The van der Waals surface area contributed by atoms with E-state index in [-0.39, 0.29) is 0 Å². The Morgan fingerprint density at radius 2 is 2.06 bits per heavy atom. The van der Waals surface area contributed by atoms with E-state index in [2.05, 4.69) is 35.3 Å². The SMILES string of the molecule is CCNCc1cncc(-c2c(C)nn(C)c2C)c1. The van der Waals surface area contributed by atoms with E-state index in [4.69, 9.17) is 0 Å². The number of hydrogen-bond donors (Lipinski definition) is 1. The van der Waals surface area contributed by atoms with Gasteiger partial charge in [0.1, 0.15) is 0 Å². The summed E-state index contributed by atoms with van der Waals surface area (Å²) >= 11 is 0. The molecule has 2 aromatic rings. The highest BCUT2D eigenvalue weighted by Crippen LogP contribution is 2.26. The summed E-state index contributed by atoms with van der Waals surface area (Å²) in [5.74, 6) is 0. The summed E-state index contributed by atoms with van der Waals surface area (Å²) < 4.78 is 1.92. The van der Waals surface area contributed by atoms with Crippen LogP contribution in [0.15, 0.2) is 18.5 Å². The average Bonchev–Trinajstić information content (AvgIpc) is 2.61. The number of pyridine rings is 1. The van der Waals surface area contributed by atoms with Crippen molar-refractivity contribution in [1.29, 1.82) is 0 Å². The first-order chi connectivity index (χ1) is 8.63. The smallest absolute Gasteiger partial charge is 0.0675 e. The molecule has 0 fully saturated rings. The van der Waals surface area contributed by atoms with E-state index in [1.165, 1.54) is 16.8 Å². The van der Waals surface area contributed by atoms with Crippen molar-refractivity contribution in [2.24, 2.45) is 7.05 Å². The molecule has 0 saturated carbocycles. The van der Waals surface area contributed by atoms with Gasteiger partial charge in [-0.15, -0.1) is 0 Å². The van der Waals surface area contributed by atoms with Gasteiger partial charge in [-0.3, -0.25) is 9.67 Å². The maximum Gasteiger partial charge on any atom is 0.0675 e. The maximum atomic E-state index is 4.45. The summed E-state index contributed by atoms with van der Waals surface area (Å²) in [6.07, 6.45) is 3.82. The van der Waals surface area contributed by atoms with Gasteiger partial charge in [-0.25, -0.2) is 0 Å². The Morgan fingerprint density at radius 3 is 2.67 bits per heavy atom. The van der Waals surface area contributed by atoms with Crippen molar-refractivity contribution in [1.82, 2.24) is 20.1 Å². The summed E-state index contributed by atoms with van der Waals surface area (Å²) in [5, 5.41) is 7.77. The second kappa shape index (κ2) is 5.31. The molecule has 0 aromatic carbocycles. The fourth-order valence-electron chi connectivity index (χ4n) is 2.18. The number of aryl methyl sites for hydroxylation is 2. The third-order valence-corrected chi connectivity index (χ3v) is 3.17. The molecule has 0 radical (unpaired) electrons. The lowest BCUT2D eigenvalue weighted by Gasteiger charge is -2.06. The Hall–Kier alpha value is -1.68. The number of aromatic nitrogens is 3. The summed E-state index contributed by atoms with van der Waals surface area (Å²) in [6.45, 7) is 8.06. The molecule has 0 unspecified atom stereocenters. The fraction of sp³-hybridized carbons (Fsp3) is 0.429. The molecule has 0 spiro atoms. The molecule has 0 amide bonds. The van der Waals surface area contributed by atoms with Crippen LogP contribution in [0.1, 0.15) is 23.9 Å². The number of nitrogens with one attached hydrogen (secondary N) is 1. The first-order valence-corrected chi connectivity index (χ1v) is 6.28. The van der Waals surface area contributed by atoms with Crippen molar-refractivity contribution in [3.8, 4) is 11.1 Å². The number of nitrogens with zero attached hydrogens (tertiary/aromatic N) is 3. The van der Waals surface area contributed by atoms with E-state index in [9.17, 15) is 0 Å². The molecule has 0 aliphatic heterocycles. The van der Waals surface area contributed by atoms with Crippen LogP contribution < -0.4 is 5.32 Å². The second-order valence-electron chi connectivity index (χ2n) is 4.53. The van der Waals surface area contributed by atoms with Crippen LogP contribution in [0.25, 0.3) is 11.1 Å². The quantitative estimate of drug-likeness (QED) is 0.896. The molecule has 2 heterocycles. The van der Waals surface area contributed by atoms with Gasteiger partial charge in [0.05, 0.1) is 5.69 Å². The monoisotopic (exact) mass is 244 g/mol. The van der Waals surface area contributed by atoms with Crippen LogP contribution in [0.2, 0.25) is 0 Å². The van der Waals surface area contributed by atoms with Crippen molar-refractivity contribution in [2.75, 3.05) is 6.54 Å². The van der Waals surface area contributed by atoms with Crippen molar-refractivity contribution in [3.63, 3.8) is 0 Å². The highest BCUT2D eigenvalue weighted by atomic mass is 15.3. The normalized spacial score (nSPS) is 10.9. The highest BCUT2D eigenvalue weighted by Gasteiger charge is 2.12. The van der Waals surface area contributed by atoms with Gasteiger partial charge in [-0.2, -0.15) is 5.10 Å². The van der Waals surface area contributed by atoms with Crippen LogP contribution in [0, 0.1) is 13.8 Å². The van der Waals surface area contributed by atoms with E-state index in [1.807, 2.05) is 31.0 Å². The Balaban J connectivity index is 2.38. The van der Waals surface area contributed by atoms with Crippen LogP contribution >= 0.6 is 0 Å². The molecule has 1 N–H and O–H groups in total.